The van der Waals surface area contributed by atoms with Crippen molar-refractivity contribution >= 4 is 23.4 Å². The van der Waals surface area contributed by atoms with Gasteiger partial charge in [0.2, 0.25) is 5.91 Å². The highest BCUT2D eigenvalue weighted by atomic mass is 32.2. The van der Waals surface area contributed by atoms with Crippen LogP contribution in [0.1, 0.15) is 6.42 Å². The number of nitrogens with zero attached hydrogens (tertiary/aromatic N) is 2. The zero-order chi connectivity index (χ0) is 19.6. The first-order valence-corrected chi connectivity index (χ1v) is 10.8. The van der Waals surface area contributed by atoms with Crippen molar-refractivity contribution in [1.82, 2.24) is 10.2 Å². The van der Waals surface area contributed by atoms with Crippen LogP contribution in [0.3, 0.4) is 0 Å². The molecule has 2 aromatic rings. The van der Waals surface area contributed by atoms with Crippen LogP contribution in [0.15, 0.2) is 59.5 Å². The Balaban J connectivity index is 1.26. The van der Waals surface area contributed by atoms with Crippen molar-refractivity contribution in [3.05, 3.63) is 54.6 Å². The predicted octanol–water partition coefficient (Wildman–Crippen LogP) is 3.12. The molecule has 28 heavy (non-hydrogen) atoms. The van der Waals surface area contributed by atoms with E-state index in [1.54, 1.807) is 18.9 Å². The van der Waals surface area contributed by atoms with Gasteiger partial charge in [-0.05, 0) is 36.4 Å². The summed E-state index contributed by atoms with van der Waals surface area (Å²) in [5.74, 6) is 1.77. The number of carbonyl (C=O) groups excluding carboxylic acids is 1. The Morgan fingerprint density at radius 2 is 1.75 bits per heavy atom. The summed E-state index contributed by atoms with van der Waals surface area (Å²) in [7, 11) is 1.66. The minimum absolute atomic E-state index is 0.129. The third-order valence-electron chi connectivity index (χ3n) is 4.90. The second-order valence-corrected chi connectivity index (χ2v) is 7.96. The first-order valence-electron chi connectivity index (χ1n) is 9.80. The van der Waals surface area contributed by atoms with E-state index in [2.05, 4.69) is 45.4 Å². The molecule has 1 N–H and O–H groups in total. The van der Waals surface area contributed by atoms with E-state index in [0.717, 1.165) is 55.7 Å². The van der Waals surface area contributed by atoms with Crippen molar-refractivity contribution in [3.8, 4) is 5.75 Å². The van der Waals surface area contributed by atoms with E-state index in [1.165, 1.54) is 5.69 Å². The summed E-state index contributed by atoms with van der Waals surface area (Å²) in [5.41, 5.74) is 1.30. The quantitative estimate of drug-likeness (QED) is 0.657. The van der Waals surface area contributed by atoms with Crippen molar-refractivity contribution in [2.24, 2.45) is 0 Å². The number of nitrogens with one attached hydrogen (secondary N) is 1. The number of ether oxygens (including phenoxy) is 1. The van der Waals surface area contributed by atoms with Crippen LogP contribution in [-0.2, 0) is 4.79 Å². The highest BCUT2D eigenvalue weighted by Crippen LogP contribution is 2.21. The maximum Gasteiger partial charge on any atom is 0.220 e. The summed E-state index contributed by atoms with van der Waals surface area (Å²) in [4.78, 5) is 18.0. The van der Waals surface area contributed by atoms with Crippen molar-refractivity contribution in [2.75, 3.05) is 57.0 Å². The summed E-state index contributed by atoms with van der Waals surface area (Å²) in [6.45, 7) is 5.79. The Morgan fingerprint density at radius 3 is 2.43 bits per heavy atom. The Hall–Kier alpha value is -2.18. The zero-order valence-electron chi connectivity index (χ0n) is 16.5. The third-order valence-corrected chi connectivity index (χ3v) is 5.91. The third kappa shape index (κ3) is 6.46. The molecule has 0 spiro atoms. The molecule has 1 aliphatic heterocycles. The summed E-state index contributed by atoms with van der Waals surface area (Å²) in [5, 5.41) is 3.05. The Morgan fingerprint density at radius 1 is 1.04 bits per heavy atom. The normalized spacial score (nSPS) is 14.7. The number of para-hydroxylation sites is 1. The lowest BCUT2D eigenvalue weighted by Gasteiger charge is -2.36. The van der Waals surface area contributed by atoms with Crippen LogP contribution in [0.25, 0.3) is 0 Å². The molecule has 1 fully saturated rings. The van der Waals surface area contributed by atoms with Gasteiger partial charge in [0.15, 0.2) is 0 Å². The van der Waals surface area contributed by atoms with Gasteiger partial charge in [-0.25, -0.2) is 0 Å². The fourth-order valence-corrected chi connectivity index (χ4v) is 4.10. The number of amides is 1. The molecule has 2 aromatic carbocycles. The van der Waals surface area contributed by atoms with Crippen molar-refractivity contribution in [1.29, 1.82) is 0 Å². The molecular formula is C22H29N3O2S. The molecule has 0 unspecified atom stereocenters. The first-order chi connectivity index (χ1) is 13.7. The molecule has 1 heterocycles. The van der Waals surface area contributed by atoms with Gasteiger partial charge in [0.25, 0.3) is 0 Å². The van der Waals surface area contributed by atoms with Gasteiger partial charge in [-0.2, -0.15) is 0 Å². The maximum absolute atomic E-state index is 12.0. The molecule has 1 aliphatic rings. The molecular weight excluding hydrogens is 370 g/mol. The van der Waals surface area contributed by atoms with E-state index < -0.39 is 0 Å². The van der Waals surface area contributed by atoms with Crippen LogP contribution in [0.5, 0.6) is 5.75 Å². The maximum atomic E-state index is 12.0. The first kappa shape index (κ1) is 20.6. The van der Waals surface area contributed by atoms with Gasteiger partial charge in [0, 0.05) is 62.0 Å². The molecule has 5 nitrogen and oxygen atoms in total. The molecule has 3 rings (SSSR count). The number of methoxy groups -OCH3 is 1. The van der Waals surface area contributed by atoms with Crippen molar-refractivity contribution in [3.63, 3.8) is 0 Å². The monoisotopic (exact) mass is 399 g/mol. The van der Waals surface area contributed by atoms with Crippen LogP contribution in [-0.4, -0.2) is 62.9 Å². The van der Waals surface area contributed by atoms with Crippen LogP contribution in [0.2, 0.25) is 0 Å². The molecule has 1 amide bonds. The lowest BCUT2D eigenvalue weighted by molar-refractivity contribution is -0.120. The van der Waals surface area contributed by atoms with E-state index in [4.69, 9.17) is 4.74 Å². The average Bonchev–Trinajstić information content (AvgIpc) is 2.75. The number of anilines is 1. The molecule has 6 heteroatoms. The number of carbonyl (C=O) groups is 1. The smallest absolute Gasteiger partial charge is 0.220 e. The van der Waals surface area contributed by atoms with Gasteiger partial charge < -0.3 is 15.0 Å². The van der Waals surface area contributed by atoms with Crippen molar-refractivity contribution < 1.29 is 9.53 Å². The number of hydrogen-bond donors (Lipinski definition) is 1. The van der Waals surface area contributed by atoms with Crippen LogP contribution < -0.4 is 15.0 Å². The van der Waals surface area contributed by atoms with Gasteiger partial charge in [-0.1, -0.05) is 18.2 Å². The van der Waals surface area contributed by atoms with E-state index in [0.29, 0.717) is 6.42 Å². The molecule has 0 aromatic heterocycles. The fraction of sp³-hybridized carbons (Fsp3) is 0.409. The lowest BCUT2D eigenvalue weighted by atomic mass is 10.2. The zero-order valence-corrected chi connectivity index (χ0v) is 17.3. The van der Waals surface area contributed by atoms with Gasteiger partial charge >= 0.3 is 0 Å². The highest BCUT2D eigenvalue weighted by Gasteiger charge is 2.16. The Labute approximate surface area is 172 Å². The van der Waals surface area contributed by atoms with Crippen LogP contribution in [0.4, 0.5) is 5.69 Å². The standard InChI is InChI=1S/C22H29N3O2S/c1-27-20-7-9-21(10-8-20)28-18-11-22(26)23-12-13-24-14-16-25(17-15-24)19-5-3-2-4-6-19/h2-10H,11-18H2,1H3,(H,23,26). The topological polar surface area (TPSA) is 44.8 Å². The number of benzene rings is 2. The van der Waals surface area contributed by atoms with Gasteiger partial charge in [0.05, 0.1) is 7.11 Å². The largest absolute Gasteiger partial charge is 0.497 e. The molecule has 0 radical (unpaired) electrons. The average molecular weight is 400 g/mol. The van der Waals surface area contributed by atoms with Crippen LogP contribution >= 0.6 is 11.8 Å². The number of piperazine rings is 1. The molecule has 0 saturated carbocycles. The molecule has 1 saturated heterocycles. The Kier molecular flexibility index (Phi) is 8.06. The molecule has 0 bridgehead atoms. The summed E-state index contributed by atoms with van der Waals surface area (Å²) in [6, 6.07) is 18.5. The number of rotatable bonds is 9. The van der Waals surface area contributed by atoms with Crippen molar-refractivity contribution in [2.45, 2.75) is 11.3 Å². The van der Waals surface area contributed by atoms with E-state index in [9.17, 15) is 4.79 Å². The number of hydrogen-bond acceptors (Lipinski definition) is 5. The van der Waals surface area contributed by atoms with Crippen LogP contribution in [0, 0.1) is 0 Å². The summed E-state index contributed by atoms with van der Waals surface area (Å²) < 4.78 is 5.15. The predicted molar refractivity (Wildman–Crippen MR) is 116 cm³/mol. The van der Waals surface area contributed by atoms with Gasteiger partial charge in [0.1, 0.15) is 5.75 Å². The summed E-state index contributed by atoms with van der Waals surface area (Å²) in [6.07, 6.45) is 0.540. The fourth-order valence-electron chi connectivity index (χ4n) is 3.24. The molecule has 0 aliphatic carbocycles. The van der Waals surface area contributed by atoms with Gasteiger partial charge in [-0.3, -0.25) is 9.69 Å². The minimum Gasteiger partial charge on any atom is -0.497 e. The van der Waals surface area contributed by atoms with Gasteiger partial charge in [-0.15, -0.1) is 11.8 Å². The lowest BCUT2D eigenvalue weighted by Crippen LogP contribution is -2.48. The molecule has 0 atom stereocenters. The SMILES string of the molecule is COc1ccc(SCCC(=O)NCCN2CCN(c3ccccc3)CC2)cc1. The van der Waals surface area contributed by atoms with E-state index in [-0.39, 0.29) is 5.91 Å². The second kappa shape index (κ2) is 11.0. The molecule has 150 valence electrons. The number of thioether (sulfide) groups is 1. The Bertz CT molecular complexity index is 716. The van der Waals surface area contributed by atoms with E-state index >= 15 is 0 Å². The minimum atomic E-state index is 0.129. The van der Waals surface area contributed by atoms with E-state index in [1.807, 2.05) is 24.3 Å². The highest BCUT2D eigenvalue weighted by molar-refractivity contribution is 7.99. The summed E-state index contributed by atoms with van der Waals surface area (Å²) >= 11 is 1.70. The second-order valence-electron chi connectivity index (χ2n) is 6.79.